The van der Waals surface area contributed by atoms with Crippen LogP contribution in [0.15, 0.2) is 22.8 Å². The first-order chi connectivity index (χ1) is 6.68. The lowest BCUT2D eigenvalue weighted by atomic mass is 10.0. The summed E-state index contributed by atoms with van der Waals surface area (Å²) in [5.74, 6) is -2.21. The van der Waals surface area contributed by atoms with Gasteiger partial charge in [-0.15, -0.1) is 0 Å². The second kappa shape index (κ2) is 2.99. The topological polar surface area (TPSA) is 88.4 Å². The Hall–Kier alpha value is -2.11. The maximum absolute atomic E-state index is 11.3. The van der Waals surface area contributed by atoms with Crippen molar-refractivity contribution >= 4 is 17.8 Å². The monoisotopic (exact) mass is 194 g/mol. The highest BCUT2D eigenvalue weighted by molar-refractivity contribution is 6.19. The number of urea groups is 1. The van der Waals surface area contributed by atoms with E-state index in [1.807, 2.05) is 10.6 Å². The number of nitrogens with one attached hydrogen (secondary N) is 2. The Morgan fingerprint density at radius 1 is 1.14 bits per heavy atom. The molecule has 1 aromatic rings. The fourth-order valence-corrected chi connectivity index (χ4v) is 1.23. The van der Waals surface area contributed by atoms with Gasteiger partial charge in [0.1, 0.15) is 5.76 Å². The van der Waals surface area contributed by atoms with Crippen LogP contribution >= 0.6 is 0 Å². The zero-order chi connectivity index (χ0) is 10.1. The second-order valence-corrected chi connectivity index (χ2v) is 2.76. The van der Waals surface area contributed by atoms with Crippen molar-refractivity contribution in [3.63, 3.8) is 0 Å². The van der Waals surface area contributed by atoms with Crippen LogP contribution in [0.4, 0.5) is 4.79 Å². The third-order valence-electron chi connectivity index (χ3n) is 1.83. The SMILES string of the molecule is O=C1NC(=O)C(c2ccco2)C(=O)N1. The Kier molecular flexibility index (Phi) is 1.81. The molecule has 1 aliphatic rings. The number of carbonyl (C=O) groups is 3. The smallest absolute Gasteiger partial charge is 0.328 e. The minimum absolute atomic E-state index is 0.215. The third-order valence-corrected chi connectivity index (χ3v) is 1.83. The van der Waals surface area contributed by atoms with Crippen molar-refractivity contribution in [3.05, 3.63) is 24.2 Å². The number of barbiturate groups is 1. The van der Waals surface area contributed by atoms with Gasteiger partial charge in [0.05, 0.1) is 6.26 Å². The molecule has 4 amide bonds. The highest BCUT2D eigenvalue weighted by atomic mass is 16.3. The molecule has 1 saturated heterocycles. The Balaban J connectivity index is 2.31. The van der Waals surface area contributed by atoms with Crippen LogP contribution in [0.3, 0.4) is 0 Å². The molecule has 2 rings (SSSR count). The first-order valence-electron chi connectivity index (χ1n) is 3.87. The van der Waals surface area contributed by atoms with E-state index in [0.717, 1.165) is 0 Å². The second-order valence-electron chi connectivity index (χ2n) is 2.76. The zero-order valence-electron chi connectivity index (χ0n) is 6.94. The molecule has 0 spiro atoms. The lowest BCUT2D eigenvalue weighted by Crippen LogP contribution is -2.54. The van der Waals surface area contributed by atoms with Crippen LogP contribution < -0.4 is 10.6 Å². The zero-order valence-corrected chi connectivity index (χ0v) is 6.94. The molecule has 2 heterocycles. The van der Waals surface area contributed by atoms with Gasteiger partial charge in [0, 0.05) is 0 Å². The molecule has 0 aliphatic carbocycles. The van der Waals surface area contributed by atoms with Crippen LogP contribution in [0.2, 0.25) is 0 Å². The molecule has 1 aromatic heterocycles. The van der Waals surface area contributed by atoms with Crippen LogP contribution in [0.1, 0.15) is 11.7 Å². The third kappa shape index (κ3) is 1.26. The molecule has 6 nitrogen and oxygen atoms in total. The predicted molar refractivity (Wildman–Crippen MR) is 43.1 cm³/mol. The normalized spacial score (nSPS) is 17.9. The first kappa shape index (κ1) is 8.49. The number of hydrogen-bond donors (Lipinski definition) is 2. The predicted octanol–water partition coefficient (Wildman–Crippen LogP) is -0.271. The number of rotatable bonds is 1. The Morgan fingerprint density at radius 2 is 1.79 bits per heavy atom. The van der Waals surface area contributed by atoms with Gasteiger partial charge in [-0.3, -0.25) is 20.2 Å². The lowest BCUT2D eigenvalue weighted by Gasteiger charge is -2.18. The van der Waals surface area contributed by atoms with E-state index in [1.54, 1.807) is 6.07 Å². The number of amides is 4. The molecule has 0 radical (unpaired) electrons. The molecular formula is C8H6N2O4. The molecule has 1 aliphatic heterocycles. The summed E-state index contributed by atoms with van der Waals surface area (Å²) in [6.45, 7) is 0. The molecule has 72 valence electrons. The van der Waals surface area contributed by atoms with Crippen LogP contribution in [-0.4, -0.2) is 17.8 Å². The maximum atomic E-state index is 11.3. The van der Waals surface area contributed by atoms with Gasteiger partial charge < -0.3 is 4.42 Å². The van der Waals surface area contributed by atoms with Crippen molar-refractivity contribution in [1.82, 2.24) is 10.6 Å². The quantitative estimate of drug-likeness (QED) is 0.602. The molecule has 0 bridgehead atoms. The number of imide groups is 2. The van der Waals surface area contributed by atoms with E-state index < -0.39 is 23.8 Å². The summed E-state index contributed by atoms with van der Waals surface area (Å²) in [5, 5.41) is 3.96. The largest absolute Gasteiger partial charge is 0.468 e. The highest BCUT2D eigenvalue weighted by Gasteiger charge is 2.37. The Morgan fingerprint density at radius 3 is 2.29 bits per heavy atom. The fourth-order valence-electron chi connectivity index (χ4n) is 1.23. The van der Waals surface area contributed by atoms with E-state index in [2.05, 4.69) is 0 Å². The van der Waals surface area contributed by atoms with Crippen LogP contribution in [-0.2, 0) is 9.59 Å². The summed E-state index contributed by atoms with van der Waals surface area (Å²) in [4.78, 5) is 33.2. The summed E-state index contributed by atoms with van der Waals surface area (Å²) in [7, 11) is 0. The standard InChI is InChI=1S/C8H6N2O4/c11-6-5(4-2-1-3-14-4)7(12)10-8(13)9-6/h1-3,5H,(H2,9,10,11,12,13). The summed E-state index contributed by atoms with van der Waals surface area (Å²) in [5.41, 5.74) is 0. The van der Waals surface area contributed by atoms with E-state index in [0.29, 0.717) is 0 Å². The van der Waals surface area contributed by atoms with Gasteiger partial charge in [-0.2, -0.15) is 0 Å². The van der Waals surface area contributed by atoms with Gasteiger partial charge in [0.15, 0.2) is 5.92 Å². The molecular weight excluding hydrogens is 188 g/mol. The summed E-state index contributed by atoms with van der Waals surface area (Å²) in [6, 6.07) is 2.26. The van der Waals surface area contributed by atoms with Crippen molar-refractivity contribution < 1.29 is 18.8 Å². The minimum atomic E-state index is -1.08. The van der Waals surface area contributed by atoms with Crippen molar-refractivity contribution in [2.75, 3.05) is 0 Å². The summed E-state index contributed by atoms with van der Waals surface area (Å²) in [6.07, 6.45) is 1.35. The highest BCUT2D eigenvalue weighted by Crippen LogP contribution is 2.18. The van der Waals surface area contributed by atoms with Crippen molar-refractivity contribution in [1.29, 1.82) is 0 Å². The fraction of sp³-hybridized carbons (Fsp3) is 0.125. The molecule has 0 aromatic carbocycles. The van der Waals surface area contributed by atoms with Crippen molar-refractivity contribution in [2.24, 2.45) is 0 Å². The van der Waals surface area contributed by atoms with E-state index in [-0.39, 0.29) is 5.76 Å². The van der Waals surface area contributed by atoms with Crippen LogP contribution in [0.25, 0.3) is 0 Å². The van der Waals surface area contributed by atoms with E-state index in [4.69, 9.17) is 4.42 Å². The summed E-state index contributed by atoms with van der Waals surface area (Å²) >= 11 is 0. The Labute approximate surface area is 78.3 Å². The number of furan rings is 1. The molecule has 14 heavy (non-hydrogen) atoms. The number of carbonyl (C=O) groups excluding carboxylic acids is 3. The van der Waals surface area contributed by atoms with E-state index >= 15 is 0 Å². The first-order valence-corrected chi connectivity index (χ1v) is 3.87. The van der Waals surface area contributed by atoms with Gasteiger partial charge in [0.2, 0.25) is 11.8 Å². The lowest BCUT2D eigenvalue weighted by molar-refractivity contribution is -0.132. The molecule has 6 heteroatoms. The van der Waals surface area contributed by atoms with Crippen molar-refractivity contribution in [2.45, 2.75) is 5.92 Å². The van der Waals surface area contributed by atoms with Crippen molar-refractivity contribution in [3.8, 4) is 0 Å². The summed E-state index contributed by atoms with van der Waals surface area (Å²) < 4.78 is 4.92. The molecule has 2 N–H and O–H groups in total. The van der Waals surface area contributed by atoms with Gasteiger partial charge in [-0.1, -0.05) is 0 Å². The van der Waals surface area contributed by atoms with Gasteiger partial charge >= 0.3 is 6.03 Å². The Bertz CT molecular complexity index is 375. The average molecular weight is 194 g/mol. The number of hydrogen-bond acceptors (Lipinski definition) is 4. The molecule has 0 saturated carbocycles. The van der Waals surface area contributed by atoms with Gasteiger partial charge in [0.25, 0.3) is 0 Å². The maximum Gasteiger partial charge on any atom is 0.328 e. The van der Waals surface area contributed by atoms with Gasteiger partial charge in [-0.25, -0.2) is 4.79 Å². The van der Waals surface area contributed by atoms with Crippen LogP contribution in [0, 0.1) is 0 Å². The molecule has 1 fully saturated rings. The van der Waals surface area contributed by atoms with Crippen LogP contribution in [0.5, 0.6) is 0 Å². The van der Waals surface area contributed by atoms with E-state index in [9.17, 15) is 14.4 Å². The van der Waals surface area contributed by atoms with E-state index in [1.165, 1.54) is 12.3 Å². The molecule has 0 unspecified atom stereocenters. The average Bonchev–Trinajstić information content (AvgIpc) is 2.54. The van der Waals surface area contributed by atoms with Gasteiger partial charge in [-0.05, 0) is 12.1 Å². The molecule has 0 atom stereocenters. The minimum Gasteiger partial charge on any atom is -0.468 e.